The van der Waals surface area contributed by atoms with E-state index in [9.17, 15) is 13.2 Å². The van der Waals surface area contributed by atoms with Gasteiger partial charge in [0.15, 0.2) is 0 Å². The maximum atomic E-state index is 12.8. The summed E-state index contributed by atoms with van der Waals surface area (Å²) < 4.78 is 44.0. The zero-order valence-corrected chi connectivity index (χ0v) is 12.1. The molecule has 2 rings (SSSR count). The van der Waals surface area contributed by atoms with Crippen molar-refractivity contribution >= 4 is 0 Å². The van der Waals surface area contributed by atoms with E-state index >= 15 is 0 Å². The molecule has 6 heteroatoms. The van der Waals surface area contributed by atoms with Crippen LogP contribution in [0.25, 0.3) is 0 Å². The second-order valence-electron chi connectivity index (χ2n) is 5.93. The highest BCUT2D eigenvalue weighted by Gasteiger charge is 2.42. The molecule has 3 unspecified atom stereocenters. The molecule has 2 saturated heterocycles. The summed E-state index contributed by atoms with van der Waals surface area (Å²) in [5.74, 6) is -0.853. The number of hydrogen-bond donors (Lipinski definition) is 1. The monoisotopic (exact) mass is 294 g/mol. The van der Waals surface area contributed by atoms with Gasteiger partial charge in [0.05, 0.1) is 12.5 Å². The molecule has 2 fully saturated rings. The first-order chi connectivity index (χ1) is 9.50. The Hall–Kier alpha value is -0.330. The van der Waals surface area contributed by atoms with Crippen molar-refractivity contribution in [3.05, 3.63) is 0 Å². The fourth-order valence-corrected chi connectivity index (χ4v) is 3.33. The molecule has 3 atom stereocenters. The van der Waals surface area contributed by atoms with E-state index in [1.165, 1.54) is 0 Å². The van der Waals surface area contributed by atoms with Gasteiger partial charge < -0.3 is 15.0 Å². The summed E-state index contributed by atoms with van der Waals surface area (Å²) >= 11 is 0. The molecule has 0 aromatic heterocycles. The molecule has 0 aromatic rings. The smallest absolute Gasteiger partial charge is 0.381 e. The van der Waals surface area contributed by atoms with E-state index in [2.05, 4.69) is 12.2 Å². The summed E-state index contributed by atoms with van der Waals surface area (Å²) in [6, 6.07) is 0.375. The quantitative estimate of drug-likeness (QED) is 0.861. The zero-order chi connectivity index (χ0) is 14.6. The Morgan fingerprint density at radius 2 is 2.10 bits per heavy atom. The van der Waals surface area contributed by atoms with Gasteiger partial charge >= 0.3 is 6.18 Å². The lowest BCUT2D eigenvalue weighted by Gasteiger charge is -2.39. The first kappa shape index (κ1) is 16.0. The second kappa shape index (κ2) is 7.09. The third-order valence-corrected chi connectivity index (χ3v) is 4.40. The van der Waals surface area contributed by atoms with Gasteiger partial charge in [0.1, 0.15) is 0 Å². The van der Waals surface area contributed by atoms with Gasteiger partial charge in [-0.1, -0.05) is 6.92 Å². The molecule has 1 N–H and O–H groups in total. The number of hydrogen-bond acceptors (Lipinski definition) is 3. The van der Waals surface area contributed by atoms with Crippen molar-refractivity contribution in [1.29, 1.82) is 0 Å². The molecule has 0 aromatic carbocycles. The van der Waals surface area contributed by atoms with Gasteiger partial charge in [-0.3, -0.25) is 0 Å². The van der Waals surface area contributed by atoms with Crippen LogP contribution in [0.2, 0.25) is 0 Å². The van der Waals surface area contributed by atoms with Gasteiger partial charge in [-0.05, 0) is 32.4 Å². The fraction of sp³-hybridized carbons (Fsp3) is 1.00. The van der Waals surface area contributed by atoms with Crippen molar-refractivity contribution in [2.75, 3.05) is 39.4 Å². The number of halogens is 3. The highest BCUT2D eigenvalue weighted by molar-refractivity contribution is 4.85. The molecule has 0 aliphatic carbocycles. The van der Waals surface area contributed by atoms with E-state index in [0.29, 0.717) is 31.5 Å². The summed E-state index contributed by atoms with van der Waals surface area (Å²) in [6.07, 6.45) is -2.18. The molecule has 0 saturated carbocycles. The summed E-state index contributed by atoms with van der Waals surface area (Å²) in [4.78, 5) is 1.98. The van der Waals surface area contributed by atoms with Crippen molar-refractivity contribution in [3.63, 3.8) is 0 Å². The maximum Gasteiger partial charge on any atom is 0.393 e. The highest BCUT2D eigenvalue weighted by atomic mass is 19.4. The number of ether oxygens (including phenoxy) is 1. The van der Waals surface area contributed by atoms with Crippen molar-refractivity contribution in [1.82, 2.24) is 10.2 Å². The number of piperidine rings is 1. The van der Waals surface area contributed by atoms with E-state index in [0.717, 1.165) is 26.1 Å². The molecule has 2 heterocycles. The number of nitrogens with zero attached hydrogens (tertiary/aromatic N) is 1. The average Bonchev–Trinajstić information content (AvgIpc) is 2.41. The molecule has 2 aliphatic heterocycles. The van der Waals surface area contributed by atoms with Gasteiger partial charge in [0.25, 0.3) is 0 Å². The van der Waals surface area contributed by atoms with Crippen LogP contribution in [0.3, 0.4) is 0 Å². The van der Waals surface area contributed by atoms with Gasteiger partial charge in [0.2, 0.25) is 0 Å². The predicted octanol–water partition coefficient (Wildman–Crippen LogP) is 2.28. The molecule has 118 valence electrons. The average molecular weight is 294 g/mol. The Bertz CT molecular complexity index is 297. The largest absolute Gasteiger partial charge is 0.393 e. The van der Waals surface area contributed by atoms with Gasteiger partial charge in [-0.25, -0.2) is 0 Å². The minimum Gasteiger partial charge on any atom is -0.381 e. The second-order valence-corrected chi connectivity index (χ2v) is 5.93. The number of alkyl halides is 3. The predicted molar refractivity (Wildman–Crippen MR) is 71.6 cm³/mol. The molecule has 2 aliphatic rings. The molecular weight excluding hydrogens is 269 g/mol. The summed E-state index contributed by atoms with van der Waals surface area (Å²) in [5.41, 5.74) is 0. The molecule has 20 heavy (non-hydrogen) atoms. The fourth-order valence-electron chi connectivity index (χ4n) is 3.33. The van der Waals surface area contributed by atoms with E-state index in [1.54, 1.807) is 0 Å². The first-order valence-corrected chi connectivity index (χ1v) is 7.61. The summed E-state index contributed by atoms with van der Waals surface area (Å²) in [6.45, 7) is 6.01. The Kier molecular flexibility index (Phi) is 5.69. The minimum atomic E-state index is -4.05. The number of rotatable bonds is 4. The number of nitrogens with one attached hydrogen (secondary N) is 1. The van der Waals surface area contributed by atoms with Crippen molar-refractivity contribution in [2.24, 2.45) is 11.8 Å². The standard InChI is InChI=1S/C14H25F3N2O/c1-2-18-13-5-7-20-10-11(13)8-19-6-3-4-12(9-19)14(15,16)17/h11-13,18H,2-10H2,1H3. The van der Waals surface area contributed by atoms with Crippen molar-refractivity contribution < 1.29 is 17.9 Å². The minimum absolute atomic E-state index is 0.152. The molecular formula is C14H25F3N2O. The summed E-state index contributed by atoms with van der Waals surface area (Å²) in [5, 5.41) is 3.44. The van der Waals surface area contributed by atoms with Crippen LogP contribution in [0.15, 0.2) is 0 Å². The van der Waals surface area contributed by atoms with Crippen LogP contribution in [-0.4, -0.2) is 56.5 Å². The Morgan fingerprint density at radius 1 is 1.30 bits per heavy atom. The SMILES string of the molecule is CCNC1CCOCC1CN1CCCC(C(F)(F)F)C1. The lowest BCUT2D eigenvalue weighted by molar-refractivity contribution is -0.187. The molecule has 0 spiro atoms. The third-order valence-electron chi connectivity index (χ3n) is 4.40. The van der Waals surface area contributed by atoms with Crippen LogP contribution >= 0.6 is 0 Å². The van der Waals surface area contributed by atoms with Crippen LogP contribution < -0.4 is 5.32 Å². The highest BCUT2D eigenvalue weighted by Crippen LogP contribution is 2.33. The van der Waals surface area contributed by atoms with Crippen molar-refractivity contribution in [3.8, 4) is 0 Å². The Balaban J connectivity index is 1.87. The molecule has 0 bridgehead atoms. The van der Waals surface area contributed by atoms with Crippen LogP contribution in [0.1, 0.15) is 26.2 Å². The maximum absolute atomic E-state index is 12.8. The first-order valence-electron chi connectivity index (χ1n) is 7.61. The van der Waals surface area contributed by atoms with Gasteiger partial charge in [-0.15, -0.1) is 0 Å². The van der Waals surface area contributed by atoms with E-state index in [1.807, 2.05) is 4.90 Å². The van der Waals surface area contributed by atoms with E-state index in [4.69, 9.17) is 4.74 Å². The van der Waals surface area contributed by atoms with Crippen molar-refractivity contribution in [2.45, 2.75) is 38.4 Å². The van der Waals surface area contributed by atoms with Gasteiger partial charge in [-0.2, -0.15) is 13.2 Å². The van der Waals surface area contributed by atoms with E-state index in [-0.39, 0.29) is 13.0 Å². The molecule has 0 radical (unpaired) electrons. The normalized spacial score (nSPS) is 33.3. The molecule has 3 nitrogen and oxygen atoms in total. The molecule has 0 amide bonds. The Morgan fingerprint density at radius 3 is 2.80 bits per heavy atom. The zero-order valence-electron chi connectivity index (χ0n) is 12.1. The van der Waals surface area contributed by atoms with Crippen LogP contribution in [0.4, 0.5) is 13.2 Å². The van der Waals surface area contributed by atoms with Crippen LogP contribution in [0.5, 0.6) is 0 Å². The lowest BCUT2D eigenvalue weighted by atomic mass is 9.92. The van der Waals surface area contributed by atoms with Gasteiger partial charge in [0, 0.05) is 31.7 Å². The van der Waals surface area contributed by atoms with Crippen LogP contribution in [0, 0.1) is 11.8 Å². The lowest BCUT2D eigenvalue weighted by Crippen LogP contribution is -2.50. The van der Waals surface area contributed by atoms with Crippen LogP contribution in [-0.2, 0) is 4.74 Å². The Labute approximate surface area is 118 Å². The third kappa shape index (κ3) is 4.33. The summed E-state index contributed by atoms with van der Waals surface area (Å²) in [7, 11) is 0. The topological polar surface area (TPSA) is 24.5 Å². The van der Waals surface area contributed by atoms with E-state index < -0.39 is 12.1 Å². The number of likely N-dealkylation sites (tertiary alicyclic amines) is 1.